The van der Waals surface area contributed by atoms with Crippen LogP contribution in [0.5, 0.6) is 0 Å². The van der Waals surface area contributed by atoms with Gasteiger partial charge in [-0.05, 0) is 98.5 Å². The van der Waals surface area contributed by atoms with Crippen LogP contribution in [0.2, 0.25) is 0 Å². The number of aryl methyl sites for hydroxylation is 2. The lowest BCUT2D eigenvalue weighted by molar-refractivity contribution is 0.670. The van der Waals surface area contributed by atoms with Gasteiger partial charge >= 0.3 is 0 Å². The van der Waals surface area contributed by atoms with Gasteiger partial charge in [0.25, 0.3) is 0 Å². The molecule has 0 saturated heterocycles. The van der Waals surface area contributed by atoms with E-state index in [1.54, 1.807) is 0 Å². The molecule has 2 nitrogen and oxygen atoms in total. The topological polar surface area (TPSA) is 9.86 Å². The second-order valence-electron chi connectivity index (χ2n) is 11.8. The maximum Gasteiger partial charge on any atom is 0.0584 e. The summed E-state index contributed by atoms with van der Waals surface area (Å²) in [5.74, 6) is 0. The molecule has 0 aromatic carbocycles. The van der Waals surface area contributed by atoms with E-state index in [4.69, 9.17) is 0 Å². The summed E-state index contributed by atoms with van der Waals surface area (Å²) in [6.45, 7) is 4.56. The van der Waals surface area contributed by atoms with Gasteiger partial charge in [-0.15, -0.1) is 45.3 Å². The minimum Gasteiger partial charge on any atom is -0.342 e. The van der Waals surface area contributed by atoms with Crippen LogP contribution in [0.15, 0.2) is 72.8 Å². The number of rotatable bonds is 15. The van der Waals surface area contributed by atoms with E-state index in [1.165, 1.54) is 126 Å². The first-order chi connectivity index (χ1) is 21.6. The minimum atomic E-state index is 1.21. The Morgan fingerprint density at radius 1 is 0.386 bits per heavy atom. The predicted molar refractivity (Wildman–Crippen MR) is 199 cm³/mol. The summed E-state index contributed by atoms with van der Waals surface area (Å²) in [6, 6.07) is 27.6. The Kier molecular flexibility index (Phi) is 10.4. The van der Waals surface area contributed by atoms with Crippen molar-refractivity contribution in [2.45, 2.75) is 78.1 Å². The Morgan fingerprint density at radius 2 is 0.727 bits per heavy atom. The van der Waals surface area contributed by atoms with E-state index in [1.807, 2.05) is 45.3 Å². The SMILES string of the molecule is CCCCCCc1ccc(-c2ccc(-c3ccc(-c4ccc(-c5ccc(-c6ccc(CCCCCC)s6)n5C)s4)s3)n2C)s1. The molecule has 6 aromatic rings. The first-order valence-electron chi connectivity index (χ1n) is 16.3. The van der Waals surface area contributed by atoms with Crippen LogP contribution in [-0.2, 0) is 26.9 Å². The lowest BCUT2D eigenvalue weighted by Crippen LogP contribution is -1.91. The summed E-state index contributed by atoms with van der Waals surface area (Å²) in [4.78, 5) is 11.1. The highest BCUT2D eigenvalue weighted by Gasteiger charge is 2.16. The Balaban J connectivity index is 1.14. The summed E-state index contributed by atoms with van der Waals surface area (Å²) in [5, 5.41) is 0. The monoisotopic (exact) mass is 656 g/mol. The molecule has 6 heterocycles. The van der Waals surface area contributed by atoms with E-state index < -0.39 is 0 Å². The van der Waals surface area contributed by atoms with Crippen molar-refractivity contribution in [3.05, 3.63) is 82.6 Å². The zero-order valence-corrected chi connectivity index (χ0v) is 29.8. The Hall–Kier alpha value is -2.64. The highest BCUT2D eigenvalue weighted by molar-refractivity contribution is 7.25. The van der Waals surface area contributed by atoms with Crippen molar-refractivity contribution in [2.75, 3.05) is 0 Å². The summed E-state index contributed by atoms with van der Waals surface area (Å²) < 4.78 is 4.74. The smallest absolute Gasteiger partial charge is 0.0584 e. The van der Waals surface area contributed by atoms with Crippen molar-refractivity contribution in [3.63, 3.8) is 0 Å². The van der Waals surface area contributed by atoms with Crippen molar-refractivity contribution < 1.29 is 0 Å². The lowest BCUT2D eigenvalue weighted by Gasteiger charge is -2.05. The van der Waals surface area contributed by atoms with Crippen LogP contribution in [0, 0.1) is 0 Å². The van der Waals surface area contributed by atoms with Gasteiger partial charge in [0.1, 0.15) is 0 Å². The van der Waals surface area contributed by atoms with Gasteiger partial charge in [0.2, 0.25) is 0 Å². The molecule has 0 atom stereocenters. The van der Waals surface area contributed by atoms with E-state index in [2.05, 4.69) is 110 Å². The molecular formula is C38H44N2S4. The average Bonchev–Trinajstić information content (AvgIpc) is 3.86. The zero-order chi connectivity index (χ0) is 30.5. The molecule has 0 bridgehead atoms. The summed E-state index contributed by atoms with van der Waals surface area (Å²) in [5.41, 5.74) is 5.21. The van der Waals surface area contributed by atoms with E-state index in [0.29, 0.717) is 0 Å². The van der Waals surface area contributed by atoms with Crippen molar-refractivity contribution in [1.82, 2.24) is 9.13 Å². The van der Waals surface area contributed by atoms with Gasteiger partial charge in [0.15, 0.2) is 0 Å². The molecule has 0 radical (unpaired) electrons. The predicted octanol–water partition coefficient (Wildman–Crippen LogP) is 13.2. The standard InChI is InChI=1S/C38H44N2S4/c1-5-7-9-11-13-27-15-21-33(41-27)29-17-19-31(39(29)3)35-23-25-37(43-35)38-26-24-36(44-38)32-20-18-30(40(32)4)34-22-16-28(42-34)14-12-10-8-6-2/h15-26H,5-14H2,1-4H3. The summed E-state index contributed by atoms with van der Waals surface area (Å²) in [7, 11) is 4.42. The molecule has 0 unspecified atom stereocenters. The third-order valence-corrected chi connectivity index (χ3v) is 13.3. The van der Waals surface area contributed by atoms with Crippen LogP contribution in [0.1, 0.15) is 75.0 Å². The maximum absolute atomic E-state index is 2.37. The fourth-order valence-electron chi connectivity index (χ4n) is 5.98. The van der Waals surface area contributed by atoms with Gasteiger partial charge < -0.3 is 9.13 Å². The minimum absolute atomic E-state index is 1.21. The van der Waals surface area contributed by atoms with Gasteiger partial charge in [-0.2, -0.15) is 0 Å². The Morgan fingerprint density at radius 3 is 1.11 bits per heavy atom. The van der Waals surface area contributed by atoms with E-state index in [0.717, 1.165) is 0 Å². The number of hydrogen-bond donors (Lipinski definition) is 0. The van der Waals surface area contributed by atoms with Crippen molar-refractivity contribution >= 4 is 45.3 Å². The highest BCUT2D eigenvalue weighted by atomic mass is 32.1. The van der Waals surface area contributed by atoms with Crippen LogP contribution in [0.4, 0.5) is 0 Å². The van der Waals surface area contributed by atoms with E-state index in [9.17, 15) is 0 Å². The summed E-state index contributed by atoms with van der Waals surface area (Å²) >= 11 is 7.71. The molecular weight excluding hydrogens is 613 g/mol. The van der Waals surface area contributed by atoms with Crippen LogP contribution < -0.4 is 0 Å². The quantitative estimate of drug-likeness (QED) is 0.0974. The lowest BCUT2D eigenvalue weighted by atomic mass is 10.1. The average molecular weight is 657 g/mol. The van der Waals surface area contributed by atoms with E-state index >= 15 is 0 Å². The van der Waals surface area contributed by atoms with Crippen molar-refractivity contribution in [2.24, 2.45) is 14.1 Å². The van der Waals surface area contributed by atoms with Crippen LogP contribution in [0.25, 0.3) is 52.0 Å². The molecule has 0 saturated carbocycles. The third kappa shape index (κ3) is 6.94. The molecule has 0 aliphatic rings. The molecule has 0 fully saturated rings. The highest BCUT2D eigenvalue weighted by Crippen LogP contribution is 2.42. The third-order valence-electron chi connectivity index (χ3n) is 8.58. The Bertz CT molecular complexity index is 1650. The van der Waals surface area contributed by atoms with Gasteiger partial charge in [0, 0.05) is 33.6 Å². The van der Waals surface area contributed by atoms with Gasteiger partial charge in [0.05, 0.1) is 42.3 Å². The normalized spacial score (nSPS) is 11.6. The number of nitrogens with zero attached hydrogens (tertiary/aromatic N) is 2. The molecule has 6 heteroatoms. The molecule has 0 spiro atoms. The van der Waals surface area contributed by atoms with Gasteiger partial charge in [-0.1, -0.05) is 52.4 Å². The van der Waals surface area contributed by atoms with Crippen LogP contribution >= 0.6 is 45.3 Å². The first kappa shape index (κ1) is 31.3. The molecule has 44 heavy (non-hydrogen) atoms. The van der Waals surface area contributed by atoms with Crippen LogP contribution in [-0.4, -0.2) is 9.13 Å². The second-order valence-corrected chi connectivity index (χ2v) is 16.3. The molecule has 0 amide bonds. The van der Waals surface area contributed by atoms with Crippen molar-refractivity contribution in [3.8, 4) is 52.0 Å². The van der Waals surface area contributed by atoms with E-state index in [-0.39, 0.29) is 0 Å². The largest absolute Gasteiger partial charge is 0.342 e. The van der Waals surface area contributed by atoms with Gasteiger partial charge in [-0.3, -0.25) is 0 Å². The van der Waals surface area contributed by atoms with Crippen LogP contribution in [0.3, 0.4) is 0 Å². The molecule has 6 rings (SSSR count). The fraction of sp³-hybridized carbons (Fsp3) is 0.368. The molecule has 230 valence electrons. The molecule has 0 aliphatic heterocycles. The number of thiophene rings is 4. The van der Waals surface area contributed by atoms with Crippen molar-refractivity contribution in [1.29, 1.82) is 0 Å². The number of unbranched alkanes of at least 4 members (excludes halogenated alkanes) is 6. The number of aromatic nitrogens is 2. The van der Waals surface area contributed by atoms with Gasteiger partial charge in [-0.25, -0.2) is 0 Å². The second kappa shape index (κ2) is 14.6. The number of hydrogen-bond acceptors (Lipinski definition) is 4. The summed E-state index contributed by atoms with van der Waals surface area (Å²) in [6.07, 6.45) is 13.0. The Labute approximate surface area is 279 Å². The maximum atomic E-state index is 2.37. The molecule has 6 aromatic heterocycles. The molecule has 0 aliphatic carbocycles. The fourth-order valence-corrected chi connectivity index (χ4v) is 10.4. The first-order valence-corrected chi connectivity index (χ1v) is 19.5. The molecule has 0 N–H and O–H groups in total. The zero-order valence-electron chi connectivity index (χ0n) is 26.5.